The third kappa shape index (κ3) is 14.6. The van der Waals surface area contributed by atoms with Crippen LogP contribution in [0.1, 0.15) is 174 Å². The molecule has 0 radical (unpaired) electrons. The molecule has 0 bridgehead atoms. The van der Waals surface area contributed by atoms with Crippen molar-refractivity contribution in [1.82, 2.24) is 0 Å². The Morgan fingerprint density at radius 2 is 1.13 bits per heavy atom. The molecule has 0 amide bonds. The molecule has 0 aliphatic carbocycles. The second kappa shape index (κ2) is 18.7. The molecule has 3 heteroatoms. The maximum Gasteiger partial charge on any atom is 0.306 e. The average molecular weight is 531 g/mol. The summed E-state index contributed by atoms with van der Waals surface area (Å²) in [6, 6.07) is 4.10. The monoisotopic (exact) mass is 530 g/mol. The van der Waals surface area contributed by atoms with E-state index in [9.17, 15) is 9.90 Å². The molecule has 0 aliphatic rings. The van der Waals surface area contributed by atoms with E-state index in [1.165, 1.54) is 89.9 Å². The van der Waals surface area contributed by atoms with Gasteiger partial charge in [-0.15, -0.1) is 0 Å². The summed E-state index contributed by atoms with van der Waals surface area (Å²) in [7, 11) is 0. The van der Waals surface area contributed by atoms with Gasteiger partial charge in [-0.1, -0.05) is 157 Å². The zero-order valence-corrected chi connectivity index (χ0v) is 26.4. The molecule has 1 aromatic carbocycles. The van der Waals surface area contributed by atoms with Gasteiger partial charge in [-0.3, -0.25) is 4.79 Å². The van der Waals surface area contributed by atoms with E-state index in [2.05, 4.69) is 54.5 Å². The number of carbonyl (C=O) groups is 1. The van der Waals surface area contributed by atoms with Crippen molar-refractivity contribution in [3.05, 3.63) is 28.8 Å². The lowest BCUT2D eigenvalue weighted by Crippen LogP contribution is -2.19. The van der Waals surface area contributed by atoms with Crippen LogP contribution < -0.4 is 0 Å². The van der Waals surface area contributed by atoms with E-state index in [4.69, 9.17) is 4.74 Å². The Morgan fingerprint density at radius 1 is 0.684 bits per heavy atom. The summed E-state index contributed by atoms with van der Waals surface area (Å²) in [5.41, 5.74) is 2.63. The molecule has 0 atom stereocenters. The van der Waals surface area contributed by atoms with Crippen LogP contribution in [0.15, 0.2) is 12.1 Å². The third-order valence-corrected chi connectivity index (χ3v) is 7.68. The van der Waals surface area contributed by atoms with E-state index in [1.807, 2.05) is 6.07 Å². The van der Waals surface area contributed by atoms with Gasteiger partial charge in [0.2, 0.25) is 0 Å². The number of hydrogen-bond donors (Lipinski definition) is 1. The first-order chi connectivity index (χ1) is 18.0. The number of phenolic OH excluding ortho intramolecular Hbond substituents is 1. The maximum atomic E-state index is 12.4. The summed E-state index contributed by atoms with van der Waals surface area (Å²) >= 11 is 0. The summed E-state index contributed by atoms with van der Waals surface area (Å²) in [5, 5.41) is 11.1. The van der Waals surface area contributed by atoms with Crippen LogP contribution in [-0.4, -0.2) is 17.7 Å². The first-order valence-electron chi connectivity index (χ1n) is 16.0. The van der Waals surface area contributed by atoms with Gasteiger partial charge in [0, 0.05) is 12.0 Å². The quantitative estimate of drug-likeness (QED) is 0.135. The molecule has 0 aromatic heterocycles. The van der Waals surface area contributed by atoms with E-state index < -0.39 is 0 Å². The molecule has 38 heavy (non-hydrogen) atoms. The van der Waals surface area contributed by atoms with Crippen LogP contribution in [0.4, 0.5) is 0 Å². The third-order valence-electron chi connectivity index (χ3n) is 7.68. The number of aromatic hydroxyl groups is 1. The summed E-state index contributed by atoms with van der Waals surface area (Å²) in [6.45, 7) is 15.5. The van der Waals surface area contributed by atoms with E-state index in [-0.39, 0.29) is 16.8 Å². The van der Waals surface area contributed by atoms with Crippen molar-refractivity contribution in [2.24, 2.45) is 0 Å². The molecule has 1 rings (SSSR count). The Balaban J connectivity index is 2.14. The van der Waals surface area contributed by atoms with Gasteiger partial charge >= 0.3 is 5.97 Å². The Morgan fingerprint density at radius 3 is 1.55 bits per heavy atom. The minimum atomic E-state index is -0.196. The first-order valence-corrected chi connectivity index (χ1v) is 16.0. The zero-order valence-electron chi connectivity index (χ0n) is 26.4. The molecule has 1 N–H and O–H groups in total. The molecule has 0 spiro atoms. The molecular weight excluding hydrogens is 468 g/mol. The zero-order chi connectivity index (χ0) is 28.4. The van der Waals surface area contributed by atoms with Crippen LogP contribution in [0.25, 0.3) is 0 Å². The number of aryl methyl sites for hydroxylation is 1. The van der Waals surface area contributed by atoms with E-state index in [0.717, 1.165) is 29.5 Å². The molecule has 3 nitrogen and oxygen atoms in total. The van der Waals surface area contributed by atoms with Crippen LogP contribution in [0, 0.1) is 0 Å². The molecule has 0 saturated heterocycles. The fourth-order valence-corrected chi connectivity index (χ4v) is 5.43. The Hall–Kier alpha value is -1.51. The van der Waals surface area contributed by atoms with E-state index in [0.29, 0.717) is 25.2 Å². The van der Waals surface area contributed by atoms with E-state index in [1.54, 1.807) is 0 Å². The molecule has 0 fully saturated rings. The lowest BCUT2D eigenvalue weighted by molar-refractivity contribution is -0.143. The predicted molar refractivity (Wildman–Crippen MR) is 164 cm³/mol. The SMILES string of the molecule is CCCCCCCCCCCCCCCCCCOC(=O)CCc1ccc(C(C)(C)C)c(O)c1C(C)(C)C. The van der Waals surface area contributed by atoms with Crippen molar-refractivity contribution in [3.63, 3.8) is 0 Å². The number of ether oxygens (including phenoxy) is 1. The van der Waals surface area contributed by atoms with Crippen molar-refractivity contribution in [3.8, 4) is 5.75 Å². The van der Waals surface area contributed by atoms with Gasteiger partial charge in [-0.05, 0) is 34.8 Å². The highest BCUT2D eigenvalue weighted by atomic mass is 16.5. The van der Waals surface area contributed by atoms with E-state index >= 15 is 0 Å². The highest BCUT2D eigenvalue weighted by molar-refractivity contribution is 5.70. The summed E-state index contributed by atoms with van der Waals surface area (Å²) in [6.07, 6.45) is 22.4. The highest BCUT2D eigenvalue weighted by Crippen LogP contribution is 2.41. The topological polar surface area (TPSA) is 46.5 Å². The summed E-state index contributed by atoms with van der Waals surface area (Å²) < 4.78 is 5.52. The van der Waals surface area contributed by atoms with Crippen molar-refractivity contribution in [1.29, 1.82) is 0 Å². The van der Waals surface area contributed by atoms with Gasteiger partial charge in [0.15, 0.2) is 0 Å². The number of unbranched alkanes of at least 4 members (excludes halogenated alkanes) is 15. The molecule has 220 valence electrons. The fourth-order valence-electron chi connectivity index (χ4n) is 5.43. The smallest absolute Gasteiger partial charge is 0.306 e. The minimum Gasteiger partial charge on any atom is -0.507 e. The first kappa shape index (κ1) is 34.5. The summed E-state index contributed by atoms with van der Waals surface area (Å²) in [5.74, 6) is 0.245. The molecule has 1 aromatic rings. The molecule has 0 heterocycles. The minimum absolute atomic E-state index is 0.130. The lowest BCUT2D eigenvalue weighted by atomic mass is 9.76. The van der Waals surface area contributed by atoms with Crippen LogP contribution in [0.3, 0.4) is 0 Å². The fraction of sp³-hybridized carbons (Fsp3) is 0.800. The molecule has 0 saturated carbocycles. The van der Waals surface area contributed by atoms with Crippen LogP contribution in [-0.2, 0) is 26.8 Å². The predicted octanol–water partition coefficient (Wildman–Crippen LogP) is 10.7. The van der Waals surface area contributed by atoms with Crippen molar-refractivity contribution < 1.29 is 14.6 Å². The van der Waals surface area contributed by atoms with Crippen LogP contribution in [0.2, 0.25) is 0 Å². The van der Waals surface area contributed by atoms with Gasteiger partial charge in [-0.25, -0.2) is 0 Å². The van der Waals surface area contributed by atoms with Gasteiger partial charge in [0.25, 0.3) is 0 Å². The number of rotatable bonds is 20. The number of esters is 1. The number of phenols is 1. The Labute approximate surface area is 236 Å². The van der Waals surface area contributed by atoms with Crippen molar-refractivity contribution in [2.45, 2.75) is 175 Å². The molecule has 0 aliphatic heterocycles. The van der Waals surface area contributed by atoms with Crippen molar-refractivity contribution in [2.75, 3.05) is 6.61 Å². The maximum absolute atomic E-state index is 12.4. The van der Waals surface area contributed by atoms with Gasteiger partial charge < -0.3 is 9.84 Å². The van der Waals surface area contributed by atoms with Gasteiger partial charge in [-0.2, -0.15) is 0 Å². The van der Waals surface area contributed by atoms with Crippen LogP contribution >= 0.6 is 0 Å². The largest absolute Gasteiger partial charge is 0.507 e. The van der Waals surface area contributed by atoms with Crippen molar-refractivity contribution >= 4 is 5.97 Å². The van der Waals surface area contributed by atoms with Gasteiger partial charge in [0.05, 0.1) is 6.61 Å². The Kier molecular flexibility index (Phi) is 17.0. The summed E-state index contributed by atoms with van der Waals surface area (Å²) in [4.78, 5) is 12.4. The van der Waals surface area contributed by atoms with Crippen LogP contribution in [0.5, 0.6) is 5.75 Å². The van der Waals surface area contributed by atoms with Gasteiger partial charge in [0.1, 0.15) is 5.75 Å². The molecular formula is C35H62O3. The Bertz CT molecular complexity index is 767. The average Bonchev–Trinajstić information content (AvgIpc) is 2.83. The number of benzene rings is 1. The number of hydrogen-bond acceptors (Lipinski definition) is 3. The molecule has 0 unspecified atom stereocenters. The highest BCUT2D eigenvalue weighted by Gasteiger charge is 2.28. The normalized spacial score (nSPS) is 12.2. The standard InChI is InChI=1S/C35H62O3/c1-8-9-10-11-12-13-14-15-16-17-18-19-20-21-22-23-28-38-31(36)27-25-29-24-26-30(34(2,3)4)33(37)32(29)35(5,6)7/h24,26,37H,8-23,25,27-28H2,1-7H3. The second-order valence-corrected chi connectivity index (χ2v) is 13.5. The number of carbonyl (C=O) groups excluding carboxylic acids is 1. The lowest BCUT2D eigenvalue weighted by Gasteiger charge is -2.29. The second-order valence-electron chi connectivity index (χ2n) is 13.5.